The van der Waals surface area contributed by atoms with E-state index in [1.807, 2.05) is 20.8 Å². The molecular formula is C20H29O3PSi. The Morgan fingerprint density at radius 1 is 0.720 bits per heavy atom. The van der Waals surface area contributed by atoms with Crippen molar-refractivity contribution in [2.24, 2.45) is 0 Å². The van der Waals surface area contributed by atoms with E-state index in [4.69, 9.17) is 13.3 Å². The summed E-state index contributed by atoms with van der Waals surface area (Å²) in [7, 11) is -2.08. The summed E-state index contributed by atoms with van der Waals surface area (Å²) in [6.45, 7) is 7.91. The maximum absolute atomic E-state index is 6.04. The van der Waals surface area contributed by atoms with Crippen molar-refractivity contribution in [3.8, 4) is 0 Å². The number of rotatable bonds is 11. The molecule has 0 aliphatic rings. The van der Waals surface area contributed by atoms with Crippen molar-refractivity contribution in [3.63, 3.8) is 0 Å². The minimum Gasteiger partial charge on any atom is -0.371 e. The normalized spacial score (nSPS) is 12.3. The molecule has 1 unspecified atom stereocenters. The molecule has 3 nitrogen and oxygen atoms in total. The molecule has 5 heteroatoms. The van der Waals surface area contributed by atoms with Gasteiger partial charge in [-0.25, -0.2) is 0 Å². The van der Waals surface area contributed by atoms with E-state index in [0.717, 1.165) is 6.16 Å². The lowest BCUT2D eigenvalue weighted by molar-refractivity contribution is 0.0955. The van der Waals surface area contributed by atoms with Crippen molar-refractivity contribution in [2.75, 3.05) is 26.0 Å². The fourth-order valence-corrected chi connectivity index (χ4v) is 9.08. The zero-order valence-corrected chi connectivity index (χ0v) is 17.4. The molecule has 0 saturated carbocycles. The van der Waals surface area contributed by atoms with Crippen molar-refractivity contribution in [3.05, 3.63) is 71.8 Å². The summed E-state index contributed by atoms with van der Waals surface area (Å²) < 4.78 is 18.1. The minimum absolute atomic E-state index is 0.328. The Labute approximate surface area is 154 Å². The van der Waals surface area contributed by atoms with Gasteiger partial charge in [0.25, 0.3) is 0 Å². The van der Waals surface area contributed by atoms with Crippen molar-refractivity contribution in [2.45, 2.75) is 26.7 Å². The third kappa shape index (κ3) is 6.02. The molecule has 0 fully saturated rings. The molecule has 0 aliphatic carbocycles. The third-order valence-electron chi connectivity index (χ3n) is 3.93. The topological polar surface area (TPSA) is 27.7 Å². The van der Waals surface area contributed by atoms with Gasteiger partial charge in [-0.2, -0.15) is 0 Å². The highest BCUT2D eigenvalue weighted by Crippen LogP contribution is 2.38. The van der Waals surface area contributed by atoms with Gasteiger partial charge >= 0.3 is 8.47 Å². The van der Waals surface area contributed by atoms with E-state index < -0.39 is 8.47 Å². The first-order chi connectivity index (χ1) is 12.2. The molecule has 0 saturated heterocycles. The minimum atomic E-state index is -2.60. The quantitative estimate of drug-likeness (QED) is 0.406. The Kier molecular flexibility index (Phi) is 8.80. The van der Waals surface area contributed by atoms with Crippen LogP contribution in [0.4, 0.5) is 0 Å². The van der Waals surface area contributed by atoms with Crippen molar-refractivity contribution < 1.29 is 13.3 Å². The van der Waals surface area contributed by atoms with Gasteiger partial charge in [0.15, 0.2) is 0 Å². The van der Waals surface area contributed by atoms with Gasteiger partial charge in [-0.05, 0) is 46.2 Å². The Balaban J connectivity index is 2.23. The van der Waals surface area contributed by atoms with Crippen LogP contribution in [-0.4, -0.2) is 34.5 Å². The van der Waals surface area contributed by atoms with Crippen LogP contribution in [0.3, 0.4) is 0 Å². The van der Waals surface area contributed by atoms with Crippen LogP contribution in [-0.2, 0) is 13.3 Å². The summed E-state index contributed by atoms with van der Waals surface area (Å²) in [4.78, 5) is 0. The zero-order chi connectivity index (χ0) is 18.0. The number of hydrogen-bond acceptors (Lipinski definition) is 3. The van der Waals surface area contributed by atoms with E-state index >= 15 is 0 Å². The first kappa shape index (κ1) is 20.3. The largest absolute Gasteiger partial charge is 0.523 e. The number of benzene rings is 2. The summed E-state index contributed by atoms with van der Waals surface area (Å²) >= 11 is 0. The Morgan fingerprint density at radius 3 is 1.48 bits per heavy atom. The lowest BCUT2D eigenvalue weighted by atomic mass is 9.93. The van der Waals surface area contributed by atoms with Crippen LogP contribution in [0, 0.1) is 0 Å². The predicted molar refractivity (Wildman–Crippen MR) is 109 cm³/mol. The second kappa shape index (κ2) is 10.8. The summed E-state index contributed by atoms with van der Waals surface area (Å²) in [5.41, 5.74) is 2.65. The van der Waals surface area contributed by atoms with Gasteiger partial charge in [-0.1, -0.05) is 60.7 Å². The van der Waals surface area contributed by atoms with Crippen LogP contribution >= 0.6 is 8.13 Å². The van der Waals surface area contributed by atoms with Gasteiger partial charge in [-0.3, -0.25) is 0 Å². The van der Waals surface area contributed by atoms with Gasteiger partial charge in [0, 0.05) is 25.7 Å². The number of hydrogen-bond donors (Lipinski definition) is 0. The summed E-state index contributed by atoms with van der Waals surface area (Å²) in [6.07, 6.45) is 0.972. The molecule has 0 aromatic heterocycles. The second-order valence-electron chi connectivity index (χ2n) is 5.61. The van der Waals surface area contributed by atoms with Gasteiger partial charge in [0.05, 0.1) is 0 Å². The average molecular weight is 377 g/mol. The smallest absolute Gasteiger partial charge is 0.371 e. The molecule has 2 aromatic carbocycles. The molecule has 0 aliphatic heterocycles. The van der Waals surface area contributed by atoms with E-state index in [1.165, 1.54) is 11.1 Å². The van der Waals surface area contributed by atoms with Gasteiger partial charge in [-0.15, -0.1) is 0 Å². The van der Waals surface area contributed by atoms with E-state index in [1.54, 1.807) is 0 Å². The van der Waals surface area contributed by atoms with Crippen LogP contribution in [0.1, 0.15) is 37.8 Å². The fourth-order valence-electron chi connectivity index (χ4n) is 2.87. The fraction of sp³-hybridized carbons (Fsp3) is 0.400. The van der Waals surface area contributed by atoms with E-state index in [0.29, 0.717) is 33.9 Å². The SMILES string of the molecule is CCO[Si](OCC)(OCC)PCC(c1ccccc1)c1ccccc1. The lowest BCUT2D eigenvalue weighted by Gasteiger charge is -2.30. The molecule has 1 atom stereocenters. The molecular weight excluding hydrogens is 347 g/mol. The predicted octanol–water partition coefficient (Wildman–Crippen LogP) is 5.04. The molecule has 136 valence electrons. The first-order valence-corrected chi connectivity index (χ1v) is 12.9. The monoisotopic (exact) mass is 376 g/mol. The Hall–Kier alpha value is -1.03. The molecule has 0 N–H and O–H groups in total. The lowest BCUT2D eigenvalue weighted by Crippen LogP contribution is -2.42. The maximum atomic E-state index is 6.04. The van der Waals surface area contributed by atoms with E-state index in [-0.39, 0.29) is 0 Å². The van der Waals surface area contributed by atoms with Crippen molar-refractivity contribution in [1.29, 1.82) is 0 Å². The highest BCUT2D eigenvalue weighted by molar-refractivity contribution is 7.77. The summed E-state index contributed by atoms with van der Waals surface area (Å²) in [5, 5.41) is 0. The second-order valence-corrected chi connectivity index (χ2v) is 11.2. The van der Waals surface area contributed by atoms with Gasteiger partial charge in [0.1, 0.15) is 0 Å². The van der Waals surface area contributed by atoms with E-state index in [2.05, 4.69) is 60.7 Å². The highest BCUT2D eigenvalue weighted by atomic mass is 31.4. The highest BCUT2D eigenvalue weighted by Gasteiger charge is 2.41. The summed E-state index contributed by atoms with van der Waals surface area (Å²) in [5.74, 6) is 0.328. The van der Waals surface area contributed by atoms with Crippen molar-refractivity contribution >= 4 is 16.6 Å². The summed E-state index contributed by atoms with van der Waals surface area (Å²) in [6, 6.07) is 21.3. The van der Waals surface area contributed by atoms with E-state index in [9.17, 15) is 0 Å². The van der Waals surface area contributed by atoms with Crippen molar-refractivity contribution in [1.82, 2.24) is 0 Å². The van der Waals surface area contributed by atoms with Gasteiger partial charge < -0.3 is 13.3 Å². The average Bonchev–Trinajstić information content (AvgIpc) is 2.64. The molecule has 0 amide bonds. The van der Waals surface area contributed by atoms with Gasteiger partial charge in [0.2, 0.25) is 0 Å². The first-order valence-electron chi connectivity index (χ1n) is 9.01. The maximum Gasteiger partial charge on any atom is 0.523 e. The van der Waals surface area contributed by atoms with Crippen LogP contribution in [0.2, 0.25) is 0 Å². The molecule has 0 radical (unpaired) electrons. The molecule has 25 heavy (non-hydrogen) atoms. The third-order valence-corrected chi connectivity index (χ3v) is 10.2. The molecule has 0 heterocycles. The Bertz CT molecular complexity index is 538. The molecule has 2 rings (SSSR count). The van der Waals surface area contributed by atoms with Crippen LogP contribution in [0.5, 0.6) is 0 Å². The zero-order valence-electron chi connectivity index (χ0n) is 15.4. The van der Waals surface area contributed by atoms with Crippen LogP contribution in [0.25, 0.3) is 0 Å². The van der Waals surface area contributed by atoms with Crippen LogP contribution in [0.15, 0.2) is 60.7 Å². The molecule has 2 aromatic rings. The van der Waals surface area contributed by atoms with Crippen LogP contribution < -0.4 is 0 Å². The molecule has 0 spiro atoms. The molecule has 0 bridgehead atoms. The Morgan fingerprint density at radius 2 is 1.12 bits per heavy atom. The standard InChI is InChI=1S/C20H29O3PSi/c1-4-21-25(22-5-2,23-6-3)24-17-20(18-13-9-7-10-14-18)19-15-11-8-12-16-19/h7-16,20,24H,4-6,17H2,1-3H3.